The minimum Gasteiger partial charge on any atom is -0.358 e. The number of hydrogen-bond donors (Lipinski definition) is 1. The van der Waals surface area contributed by atoms with E-state index in [2.05, 4.69) is 30.4 Å². The van der Waals surface area contributed by atoms with Crippen LogP contribution in [0.4, 0.5) is 14.6 Å². The molecule has 4 aromatic heterocycles. The van der Waals surface area contributed by atoms with Crippen LogP contribution in [0.5, 0.6) is 0 Å². The number of nitrogens with one attached hydrogen (secondary N) is 1. The third-order valence-corrected chi connectivity index (χ3v) is 4.11. The van der Waals surface area contributed by atoms with Crippen molar-refractivity contribution in [1.82, 2.24) is 29.5 Å². The second-order valence-electron chi connectivity index (χ2n) is 5.71. The Morgan fingerprint density at radius 1 is 1.11 bits per heavy atom. The minimum atomic E-state index is -0.800. The monoisotopic (exact) mass is 387 g/mol. The van der Waals surface area contributed by atoms with E-state index in [4.69, 9.17) is 11.6 Å². The molecule has 7 nitrogen and oxygen atoms in total. The van der Waals surface area contributed by atoms with E-state index in [9.17, 15) is 8.78 Å². The average Bonchev–Trinajstić information content (AvgIpc) is 3.10. The molecule has 0 aliphatic heterocycles. The van der Waals surface area contributed by atoms with E-state index < -0.39 is 17.7 Å². The second kappa shape index (κ2) is 6.84. The lowest BCUT2D eigenvalue weighted by atomic mass is 10.2. The van der Waals surface area contributed by atoms with Gasteiger partial charge in [0.2, 0.25) is 5.82 Å². The fourth-order valence-corrected chi connectivity index (χ4v) is 2.73. The van der Waals surface area contributed by atoms with Crippen molar-refractivity contribution in [3.8, 4) is 11.4 Å². The van der Waals surface area contributed by atoms with E-state index in [-0.39, 0.29) is 22.6 Å². The van der Waals surface area contributed by atoms with Crippen molar-refractivity contribution in [2.24, 2.45) is 0 Å². The summed E-state index contributed by atoms with van der Waals surface area (Å²) in [5.74, 6) is -0.968. The Kier molecular flexibility index (Phi) is 4.36. The summed E-state index contributed by atoms with van der Waals surface area (Å²) < 4.78 is 29.1. The van der Waals surface area contributed by atoms with Crippen molar-refractivity contribution in [3.05, 3.63) is 65.6 Å². The molecule has 136 valence electrons. The number of anilines is 1. The summed E-state index contributed by atoms with van der Waals surface area (Å²) in [5.41, 5.74) is 1.35. The van der Waals surface area contributed by atoms with Gasteiger partial charge in [0.25, 0.3) is 0 Å². The Bertz CT molecular complexity index is 1110. The van der Waals surface area contributed by atoms with Crippen molar-refractivity contribution < 1.29 is 8.78 Å². The molecule has 0 fully saturated rings. The fraction of sp³-hybridized carbons (Fsp3) is 0.118. The van der Waals surface area contributed by atoms with Crippen LogP contribution < -0.4 is 5.32 Å². The topological polar surface area (TPSA) is 80.9 Å². The molecule has 0 aromatic carbocycles. The Labute approximate surface area is 157 Å². The SMILES string of the molecule is C[C@H](Nc1nc(-c2cnn3ccccc23)nc(Cl)c1F)c1ncc(F)cn1. The molecule has 0 saturated carbocycles. The molecule has 27 heavy (non-hydrogen) atoms. The van der Waals surface area contributed by atoms with Crippen LogP contribution >= 0.6 is 11.6 Å². The summed E-state index contributed by atoms with van der Waals surface area (Å²) >= 11 is 5.96. The molecule has 0 radical (unpaired) electrons. The lowest BCUT2D eigenvalue weighted by molar-refractivity contribution is 0.600. The van der Waals surface area contributed by atoms with E-state index in [1.165, 1.54) is 0 Å². The lowest BCUT2D eigenvalue weighted by Gasteiger charge is -2.14. The Balaban J connectivity index is 1.72. The van der Waals surface area contributed by atoms with Gasteiger partial charge in [0.1, 0.15) is 5.82 Å². The summed E-state index contributed by atoms with van der Waals surface area (Å²) in [6.45, 7) is 1.69. The van der Waals surface area contributed by atoms with Gasteiger partial charge in [0.15, 0.2) is 22.6 Å². The highest BCUT2D eigenvalue weighted by Crippen LogP contribution is 2.28. The molecule has 4 heterocycles. The maximum atomic E-state index is 14.4. The van der Waals surface area contributed by atoms with Crippen LogP contribution in [0.25, 0.3) is 16.9 Å². The molecule has 4 rings (SSSR count). The predicted molar refractivity (Wildman–Crippen MR) is 95.2 cm³/mol. The first-order valence-electron chi connectivity index (χ1n) is 7.92. The molecule has 0 bridgehead atoms. The number of aromatic nitrogens is 6. The number of halogens is 3. The molecule has 10 heteroatoms. The molecule has 1 atom stereocenters. The number of rotatable bonds is 4. The zero-order valence-electron chi connectivity index (χ0n) is 13.9. The molecule has 4 aromatic rings. The molecule has 0 aliphatic carbocycles. The van der Waals surface area contributed by atoms with Gasteiger partial charge in [-0.3, -0.25) is 0 Å². The quantitative estimate of drug-likeness (QED) is 0.538. The number of fused-ring (bicyclic) bond motifs is 1. The van der Waals surface area contributed by atoms with Crippen LogP contribution in [0, 0.1) is 11.6 Å². The van der Waals surface area contributed by atoms with Crippen molar-refractivity contribution >= 4 is 22.9 Å². The summed E-state index contributed by atoms with van der Waals surface area (Å²) in [6, 6.07) is 4.98. The zero-order valence-corrected chi connectivity index (χ0v) is 14.7. The van der Waals surface area contributed by atoms with Gasteiger partial charge >= 0.3 is 0 Å². The van der Waals surface area contributed by atoms with Gasteiger partial charge in [-0.2, -0.15) is 9.49 Å². The third kappa shape index (κ3) is 3.28. The van der Waals surface area contributed by atoms with Gasteiger partial charge in [0.05, 0.1) is 35.7 Å². The molecule has 1 N–H and O–H groups in total. The summed E-state index contributed by atoms with van der Waals surface area (Å²) in [4.78, 5) is 16.0. The standard InChI is InChI=1S/C17H12ClF2N7/c1-9(15-21-6-10(19)7-22-15)24-17-13(20)14(18)25-16(26-17)11-8-23-27-5-3-2-4-12(11)27/h2-9H,1H3,(H,24,25,26)/t9-/m0/s1. The van der Waals surface area contributed by atoms with E-state index >= 15 is 0 Å². The Morgan fingerprint density at radius 2 is 1.89 bits per heavy atom. The van der Waals surface area contributed by atoms with Crippen LogP contribution in [0.1, 0.15) is 18.8 Å². The summed E-state index contributed by atoms with van der Waals surface area (Å²) in [7, 11) is 0. The van der Waals surface area contributed by atoms with Crippen molar-refractivity contribution in [2.45, 2.75) is 13.0 Å². The smallest absolute Gasteiger partial charge is 0.202 e. The molecule has 0 saturated heterocycles. The number of pyridine rings is 1. The normalized spacial score (nSPS) is 12.3. The van der Waals surface area contributed by atoms with Gasteiger partial charge in [-0.15, -0.1) is 0 Å². The number of nitrogens with zero attached hydrogens (tertiary/aromatic N) is 6. The Morgan fingerprint density at radius 3 is 2.67 bits per heavy atom. The first-order valence-corrected chi connectivity index (χ1v) is 8.30. The Hall–Kier alpha value is -3.20. The maximum Gasteiger partial charge on any atom is 0.202 e. The highest BCUT2D eigenvalue weighted by Gasteiger charge is 2.19. The van der Waals surface area contributed by atoms with Crippen molar-refractivity contribution in [1.29, 1.82) is 0 Å². The average molecular weight is 388 g/mol. The van der Waals surface area contributed by atoms with Gasteiger partial charge in [-0.1, -0.05) is 17.7 Å². The summed E-state index contributed by atoms with van der Waals surface area (Å²) in [6.07, 6.45) is 5.43. The first-order chi connectivity index (χ1) is 13.0. The fourth-order valence-electron chi connectivity index (χ4n) is 2.56. The number of hydrogen-bond acceptors (Lipinski definition) is 6. The van der Waals surface area contributed by atoms with Crippen LogP contribution in [0.3, 0.4) is 0 Å². The van der Waals surface area contributed by atoms with Crippen LogP contribution in [0.15, 0.2) is 43.0 Å². The minimum absolute atomic E-state index is 0.110. The molecular formula is C17H12ClF2N7. The van der Waals surface area contributed by atoms with E-state index in [1.807, 2.05) is 18.2 Å². The van der Waals surface area contributed by atoms with Crippen molar-refractivity contribution in [2.75, 3.05) is 5.32 Å². The van der Waals surface area contributed by atoms with Crippen LogP contribution in [-0.4, -0.2) is 29.5 Å². The van der Waals surface area contributed by atoms with Gasteiger partial charge in [-0.25, -0.2) is 28.8 Å². The maximum absolute atomic E-state index is 14.4. The van der Waals surface area contributed by atoms with Crippen LogP contribution in [-0.2, 0) is 0 Å². The third-order valence-electron chi connectivity index (χ3n) is 3.86. The van der Waals surface area contributed by atoms with Gasteiger partial charge < -0.3 is 5.32 Å². The van der Waals surface area contributed by atoms with Crippen molar-refractivity contribution in [3.63, 3.8) is 0 Å². The molecule has 0 amide bonds. The molecular weight excluding hydrogens is 376 g/mol. The highest BCUT2D eigenvalue weighted by atomic mass is 35.5. The first kappa shape index (κ1) is 17.2. The van der Waals surface area contributed by atoms with E-state index in [1.54, 1.807) is 23.8 Å². The van der Waals surface area contributed by atoms with Crippen LogP contribution in [0.2, 0.25) is 5.15 Å². The van der Waals surface area contributed by atoms with E-state index in [0.29, 0.717) is 5.56 Å². The predicted octanol–water partition coefficient (Wildman–Crippen LogP) is 3.69. The summed E-state index contributed by atoms with van der Waals surface area (Å²) in [5, 5.41) is 6.74. The van der Waals surface area contributed by atoms with Gasteiger partial charge in [0, 0.05) is 6.20 Å². The molecule has 0 aliphatic rings. The zero-order chi connectivity index (χ0) is 19.0. The highest BCUT2D eigenvalue weighted by molar-refractivity contribution is 6.29. The molecule has 0 spiro atoms. The molecule has 0 unspecified atom stereocenters. The lowest BCUT2D eigenvalue weighted by Crippen LogP contribution is -2.14. The second-order valence-corrected chi connectivity index (χ2v) is 6.07. The largest absolute Gasteiger partial charge is 0.358 e. The van der Waals surface area contributed by atoms with E-state index in [0.717, 1.165) is 17.9 Å². The van der Waals surface area contributed by atoms with Gasteiger partial charge in [-0.05, 0) is 19.1 Å².